The van der Waals surface area contributed by atoms with Gasteiger partial charge < -0.3 is 10.2 Å². The third-order valence-electron chi connectivity index (χ3n) is 1.79. The molecule has 74 valence electrons. The van der Waals surface area contributed by atoms with Gasteiger partial charge in [0.2, 0.25) is 11.8 Å². The summed E-state index contributed by atoms with van der Waals surface area (Å²) in [6.07, 6.45) is 3.59. The lowest BCUT2D eigenvalue weighted by Crippen LogP contribution is -2.00. The molecule has 2 heterocycles. The van der Waals surface area contributed by atoms with Crippen LogP contribution in [0.5, 0.6) is 0 Å². The standard InChI is InChI=1S/C8H11N5O/c1-6-11-12-8(14-6)5-13-4-7(2-9)3-10-13/h3-4H,2,5,9H2,1H3. The lowest BCUT2D eigenvalue weighted by molar-refractivity contribution is 0.444. The van der Waals surface area contributed by atoms with Crippen LogP contribution in [-0.2, 0) is 13.1 Å². The highest BCUT2D eigenvalue weighted by Gasteiger charge is 2.04. The fourth-order valence-electron chi connectivity index (χ4n) is 1.14. The largest absolute Gasteiger partial charge is 0.424 e. The molecule has 0 amide bonds. The van der Waals surface area contributed by atoms with Crippen molar-refractivity contribution in [3.63, 3.8) is 0 Å². The number of hydrogen-bond donors (Lipinski definition) is 1. The summed E-state index contributed by atoms with van der Waals surface area (Å²) in [4.78, 5) is 0. The molecule has 0 aliphatic carbocycles. The molecule has 0 fully saturated rings. The Morgan fingerprint density at radius 2 is 2.36 bits per heavy atom. The molecule has 0 bridgehead atoms. The third kappa shape index (κ3) is 1.80. The molecular formula is C8H11N5O. The highest BCUT2D eigenvalue weighted by atomic mass is 16.4. The van der Waals surface area contributed by atoms with Crippen LogP contribution in [0.4, 0.5) is 0 Å². The molecule has 6 heteroatoms. The molecule has 2 N–H and O–H groups in total. The number of nitrogens with zero attached hydrogens (tertiary/aromatic N) is 4. The molecule has 2 aromatic rings. The van der Waals surface area contributed by atoms with E-state index >= 15 is 0 Å². The minimum absolute atomic E-state index is 0.487. The lowest BCUT2D eigenvalue weighted by atomic mass is 10.4. The first-order chi connectivity index (χ1) is 6.78. The fourth-order valence-corrected chi connectivity index (χ4v) is 1.14. The first-order valence-corrected chi connectivity index (χ1v) is 4.28. The Bertz CT molecular complexity index is 419. The zero-order valence-corrected chi connectivity index (χ0v) is 7.84. The first kappa shape index (κ1) is 8.89. The molecule has 0 aliphatic rings. The molecule has 0 atom stereocenters. The molecule has 0 aromatic carbocycles. The second-order valence-electron chi connectivity index (χ2n) is 2.97. The van der Waals surface area contributed by atoms with Crippen molar-refractivity contribution in [2.24, 2.45) is 5.73 Å². The predicted octanol–water partition coefficient (Wildman–Crippen LogP) is 0.0815. The smallest absolute Gasteiger partial charge is 0.237 e. The maximum atomic E-state index is 5.46. The summed E-state index contributed by atoms with van der Waals surface area (Å²) >= 11 is 0. The van der Waals surface area contributed by atoms with Crippen LogP contribution in [0.15, 0.2) is 16.8 Å². The van der Waals surface area contributed by atoms with E-state index in [1.807, 2.05) is 6.20 Å². The van der Waals surface area contributed by atoms with E-state index in [9.17, 15) is 0 Å². The normalized spacial score (nSPS) is 10.7. The Morgan fingerprint density at radius 1 is 1.50 bits per heavy atom. The van der Waals surface area contributed by atoms with E-state index in [0.717, 1.165) is 5.56 Å². The van der Waals surface area contributed by atoms with Crippen LogP contribution in [0.3, 0.4) is 0 Å². The van der Waals surface area contributed by atoms with E-state index in [1.54, 1.807) is 17.8 Å². The van der Waals surface area contributed by atoms with Crippen molar-refractivity contribution in [3.05, 3.63) is 29.7 Å². The van der Waals surface area contributed by atoms with E-state index in [2.05, 4.69) is 15.3 Å². The Hall–Kier alpha value is -1.69. The Kier molecular flexibility index (Phi) is 2.28. The monoisotopic (exact) mass is 193 g/mol. The van der Waals surface area contributed by atoms with Gasteiger partial charge in [0.05, 0.1) is 6.20 Å². The van der Waals surface area contributed by atoms with Gasteiger partial charge in [-0.05, 0) is 0 Å². The highest BCUT2D eigenvalue weighted by Crippen LogP contribution is 2.02. The van der Waals surface area contributed by atoms with E-state index < -0.39 is 0 Å². The van der Waals surface area contributed by atoms with Crippen LogP contribution in [0.25, 0.3) is 0 Å². The summed E-state index contributed by atoms with van der Waals surface area (Å²) in [7, 11) is 0. The molecule has 0 spiro atoms. The van der Waals surface area contributed by atoms with E-state index in [-0.39, 0.29) is 0 Å². The average molecular weight is 193 g/mol. The maximum Gasteiger partial charge on any atom is 0.237 e. The molecule has 2 aromatic heterocycles. The van der Waals surface area contributed by atoms with Crippen LogP contribution < -0.4 is 5.73 Å². The van der Waals surface area contributed by atoms with Crippen molar-refractivity contribution in [2.75, 3.05) is 0 Å². The first-order valence-electron chi connectivity index (χ1n) is 4.28. The van der Waals surface area contributed by atoms with Crippen molar-refractivity contribution in [2.45, 2.75) is 20.0 Å². The van der Waals surface area contributed by atoms with Crippen molar-refractivity contribution in [1.82, 2.24) is 20.0 Å². The number of aromatic nitrogens is 4. The van der Waals surface area contributed by atoms with Gasteiger partial charge >= 0.3 is 0 Å². The predicted molar refractivity (Wildman–Crippen MR) is 48.3 cm³/mol. The van der Waals surface area contributed by atoms with Gasteiger partial charge in [-0.2, -0.15) is 5.10 Å². The molecule has 6 nitrogen and oxygen atoms in total. The molecule has 0 unspecified atom stereocenters. The van der Waals surface area contributed by atoms with E-state index in [0.29, 0.717) is 24.9 Å². The van der Waals surface area contributed by atoms with E-state index in [1.165, 1.54) is 0 Å². The van der Waals surface area contributed by atoms with Gasteiger partial charge in [-0.3, -0.25) is 4.68 Å². The van der Waals surface area contributed by atoms with Crippen LogP contribution in [0.1, 0.15) is 17.3 Å². The molecule has 2 rings (SSSR count). The minimum atomic E-state index is 0.487. The fraction of sp³-hybridized carbons (Fsp3) is 0.375. The van der Waals surface area contributed by atoms with Gasteiger partial charge in [0, 0.05) is 25.2 Å². The number of hydrogen-bond acceptors (Lipinski definition) is 5. The molecular weight excluding hydrogens is 182 g/mol. The summed E-state index contributed by atoms with van der Waals surface area (Å²) in [5, 5.41) is 11.7. The summed E-state index contributed by atoms with van der Waals surface area (Å²) < 4.78 is 6.93. The Labute approximate surface area is 80.7 Å². The van der Waals surface area contributed by atoms with Gasteiger partial charge in [0.1, 0.15) is 6.54 Å². The number of nitrogens with two attached hydrogens (primary N) is 1. The SMILES string of the molecule is Cc1nnc(Cn2cc(CN)cn2)o1. The summed E-state index contributed by atoms with van der Waals surface area (Å²) in [5.74, 6) is 1.11. The highest BCUT2D eigenvalue weighted by molar-refractivity contribution is 5.03. The zero-order valence-electron chi connectivity index (χ0n) is 7.84. The van der Waals surface area contributed by atoms with Crippen LogP contribution >= 0.6 is 0 Å². The number of aryl methyl sites for hydroxylation is 1. The topological polar surface area (TPSA) is 82.8 Å². The second-order valence-corrected chi connectivity index (χ2v) is 2.97. The van der Waals surface area contributed by atoms with E-state index in [4.69, 9.17) is 10.2 Å². The summed E-state index contributed by atoms with van der Waals surface area (Å²) in [6.45, 7) is 2.73. The van der Waals surface area contributed by atoms with Crippen LogP contribution in [0.2, 0.25) is 0 Å². The lowest BCUT2D eigenvalue weighted by Gasteiger charge is -1.94. The molecule has 14 heavy (non-hydrogen) atoms. The molecule has 0 saturated carbocycles. The van der Waals surface area contributed by atoms with Gasteiger partial charge in [-0.25, -0.2) is 0 Å². The average Bonchev–Trinajstić information content (AvgIpc) is 2.76. The minimum Gasteiger partial charge on any atom is -0.424 e. The third-order valence-corrected chi connectivity index (χ3v) is 1.79. The zero-order chi connectivity index (χ0) is 9.97. The summed E-state index contributed by atoms with van der Waals surface area (Å²) in [5.41, 5.74) is 6.44. The maximum absolute atomic E-state index is 5.46. The molecule has 0 saturated heterocycles. The quantitative estimate of drug-likeness (QED) is 0.746. The van der Waals surface area contributed by atoms with Gasteiger partial charge in [0.15, 0.2) is 0 Å². The Morgan fingerprint density at radius 3 is 2.93 bits per heavy atom. The van der Waals surface area contributed by atoms with Gasteiger partial charge in [-0.15, -0.1) is 10.2 Å². The molecule has 0 aliphatic heterocycles. The van der Waals surface area contributed by atoms with Crippen molar-refractivity contribution >= 4 is 0 Å². The van der Waals surface area contributed by atoms with Gasteiger partial charge in [0.25, 0.3) is 0 Å². The van der Waals surface area contributed by atoms with Crippen LogP contribution in [0, 0.1) is 6.92 Å². The summed E-state index contributed by atoms with van der Waals surface area (Å²) in [6, 6.07) is 0. The molecule has 0 radical (unpaired) electrons. The van der Waals surface area contributed by atoms with Gasteiger partial charge in [-0.1, -0.05) is 0 Å². The van der Waals surface area contributed by atoms with Crippen LogP contribution in [-0.4, -0.2) is 20.0 Å². The van der Waals surface area contributed by atoms with Crippen molar-refractivity contribution in [1.29, 1.82) is 0 Å². The van der Waals surface area contributed by atoms with Crippen molar-refractivity contribution in [3.8, 4) is 0 Å². The second kappa shape index (κ2) is 3.59. The van der Waals surface area contributed by atoms with Crippen molar-refractivity contribution < 1.29 is 4.42 Å². The Balaban J connectivity index is 2.10. The number of rotatable bonds is 3.